The van der Waals surface area contributed by atoms with Gasteiger partial charge in [0.15, 0.2) is 0 Å². The number of fused-ring (bicyclic) bond motifs is 1. The first kappa shape index (κ1) is 10.9. The van der Waals surface area contributed by atoms with Gasteiger partial charge in [0.1, 0.15) is 6.04 Å². The third kappa shape index (κ3) is 1.57. The van der Waals surface area contributed by atoms with Crippen LogP contribution in [-0.2, 0) is 4.79 Å². The third-order valence-corrected chi connectivity index (χ3v) is 4.43. The van der Waals surface area contributed by atoms with E-state index < -0.39 is 5.97 Å². The van der Waals surface area contributed by atoms with Crippen molar-refractivity contribution in [2.24, 2.45) is 23.2 Å². The number of likely N-dealkylation sites (tertiary alicyclic amines) is 1. The minimum atomic E-state index is -0.663. The molecule has 1 saturated heterocycles. The average molecular weight is 211 g/mol. The van der Waals surface area contributed by atoms with Crippen molar-refractivity contribution in [3.8, 4) is 0 Å². The van der Waals surface area contributed by atoms with Crippen LogP contribution in [0.1, 0.15) is 27.7 Å². The zero-order chi connectivity index (χ0) is 11.4. The Morgan fingerprint density at radius 2 is 1.80 bits per heavy atom. The summed E-state index contributed by atoms with van der Waals surface area (Å²) in [6.45, 7) is 10.5. The highest BCUT2D eigenvalue weighted by Gasteiger charge is 2.62. The van der Waals surface area contributed by atoms with Gasteiger partial charge >= 0.3 is 5.97 Å². The van der Waals surface area contributed by atoms with Gasteiger partial charge in [0.25, 0.3) is 0 Å². The van der Waals surface area contributed by atoms with E-state index in [2.05, 4.69) is 18.7 Å². The van der Waals surface area contributed by atoms with E-state index >= 15 is 0 Å². The molecule has 1 aliphatic carbocycles. The van der Waals surface area contributed by atoms with Crippen LogP contribution in [0.5, 0.6) is 0 Å². The quantitative estimate of drug-likeness (QED) is 0.772. The first-order chi connectivity index (χ1) is 6.85. The first-order valence-electron chi connectivity index (χ1n) is 5.82. The number of rotatable bonds is 3. The summed E-state index contributed by atoms with van der Waals surface area (Å²) in [4.78, 5) is 13.3. The Morgan fingerprint density at radius 1 is 1.33 bits per heavy atom. The van der Waals surface area contributed by atoms with Crippen LogP contribution in [0.15, 0.2) is 0 Å². The third-order valence-electron chi connectivity index (χ3n) is 4.43. The Kier molecular flexibility index (Phi) is 2.34. The summed E-state index contributed by atoms with van der Waals surface area (Å²) < 4.78 is 0. The highest BCUT2D eigenvalue weighted by molar-refractivity contribution is 5.73. The summed E-state index contributed by atoms with van der Waals surface area (Å²) in [5.74, 6) is 1.00. The number of carbonyl (C=O) groups is 1. The van der Waals surface area contributed by atoms with Crippen LogP contribution in [0, 0.1) is 23.2 Å². The van der Waals surface area contributed by atoms with Gasteiger partial charge in [-0.15, -0.1) is 0 Å². The minimum Gasteiger partial charge on any atom is -0.480 e. The molecule has 0 amide bonds. The summed E-state index contributed by atoms with van der Waals surface area (Å²) in [6, 6.07) is -0.284. The summed E-state index contributed by atoms with van der Waals surface area (Å²) in [6.07, 6.45) is 0. The van der Waals surface area contributed by atoms with Crippen molar-refractivity contribution in [1.82, 2.24) is 4.90 Å². The van der Waals surface area contributed by atoms with Crippen molar-refractivity contribution in [2.75, 3.05) is 13.1 Å². The van der Waals surface area contributed by atoms with Crippen molar-refractivity contribution in [2.45, 2.75) is 33.7 Å². The van der Waals surface area contributed by atoms with Gasteiger partial charge < -0.3 is 5.11 Å². The number of hydrogen-bond donors (Lipinski definition) is 1. The molecular formula is C12H21NO2. The molecule has 2 rings (SSSR count). The van der Waals surface area contributed by atoms with Crippen LogP contribution in [0.25, 0.3) is 0 Å². The molecule has 1 N–H and O–H groups in total. The van der Waals surface area contributed by atoms with Gasteiger partial charge in [-0.3, -0.25) is 9.69 Å². The van der Waals surface area contributed by atoms with Crippen LogP contribution in [0.3, 0.4) is 0 Å². The average Bonchev–Trinajstić information content (AvgIpc) is 2.43. The molecule has 2 aliphatic rings. The van der Waals surface area contributed by atoms with Crippen LogP contribution < -0.4 is 0 Å². The fourth-order valence-electron chi connectivity index (χ4n) is 3.25. The Balaban J connectivity index is 2.00. The second-order valence-corrected chi connectivity index (χ2v) is 6.02. The summed E-state index contributed by atoms with van der Waals surface area (Å²) in [5, 5.41) is 9.19. The lowest BCUT2D eigenvalue weighted by molar-refractivity contribution is -0.145. The molecule has 1 aliphatic heterocycles. The van der Waals surface area contributed by atoms with Crippen LogP contribution in [0.2, 0.25) is 0 Å². The van der Waals surface area contributed by atoms with Crippen LogP contribution >= 0.6 is 0 Å². The molecule has 3 atom stereocenters. The Labute approximate surface area is 91.5 Å². The maximum absolute atomic E-state index is 11.2. The molecule has 3 nitrogen and oxygen atoms in total. The molecule has 0 aromatic carbocycles. The lowest BCUT2D eigenvalue weighted by Crippen LogP contribution is -2.45. The lowest BCUT2D eigenvalue weighted by Gasteiger charge is -2.30. The Bertz CT molecular complexity index is 271. The second-order valence-electron chi connectivity index (χ2n) is 6.02. The van der Waals surface area contributed by atoms with Gasteiger partial charge in [-0.1, -0.05) is 27.7 Å². The normalized spacial score (nSPS) is 35.3. The predicted molar refractivity (Wildman–Crippen MR) is 58.6 cm³/mol. The molecule has 0 aromatic heterocycles. The standard InChI is InChI=1S/C12H21NO2/c1-7(2)10(11(14)15)13-5-8-9(6-13)12(8,3)4/h7-10H,5-6H2,1-4H3,(H,14,15). The van der Waals surface area contributed by atoms with E-state index in [0.29, 0.717) is 5.41 Å². The smallest absolute Gasteiger partial charge is 0.321 e. The fourth-order valence-corrected chi connectivity index (χ4v) is 3.25. The highest BCUT2D eigenvalue weighted by Crippen LogP contribution is 2.62. The zero-order valence-corrected chi connectivity index (χ0v) is 10.0. The molecule has 0 radical (unpaired) electrons. The van der Waals surface area contributed by atoms with E-state index in [-0.39, 0.29) is 12.0 Å². The topological polar surface area (TPSA) is 40.5 Å². The van der Waals surface area contributed by atoms with Crippen LogP contribution in [0.4, 0.5) is 0 Å². The van der Waals surface area contributed by atoms with Gasteiger partial charge in [-0.2, -0.15) is 0 Å². The molecule has 2 fully saturated rings. The Morgan fingerprint density at radius 3 is 2.13 bits per heavy atom. The van der Waals surface area contributed by atoms with E-state index in [1.807, 2.05) is 13.8 Å². The van der Waals surface area contributed by atoms with Crippen molar-refractivity contribution in [3.63, 3.8) is 0 Å². The maximum Gasteiger partial charge on any atom is 0.321 e. The molecule has 15 heavy (non-hydrogen) atoms. The zero-order valence-electron chi connectivity index (χ0n) is 10.0. The molecule has 0 bridgehead atoms. The van der Waals surface area contributed by atoms with Crippen molar-refractivity contribution in [3.05, 3.63) is 0 Å². The summed E-state index contributed by atoms with van der Waals surface area (Å²) in [5.41, 5.74) is 0.469. The molecule has 3 heteroatoms. The van der Waals surface area contributed by atoms with E-state index in [1.54, 1.807) is 0 Å². The van der Waals surface area contributed by atoms with Gasteiger partial charge in [0.2, 0.25) is 0 Å². The lowest BCUT2D eigenvalue weighted by atomic mass is 10.00. The first-order valence-corrected chi connectivity index (χ1v) is 5.82. The van der Waals surface area contributed by atoms with Crippen LogP contribution in [-0.4, -0.2) is 35.1 Å². The van der Waals surface area contributed by atoms with E-state index in [4.69, 9.17) is 0 Å². The summed E-state index contributed by atoms with van der Waals surface area (Å²) >= 11 is 0. The minimum absolute atomic E-state index is 0.197. The van der Waals surface area contributed by atoms with Crippen molar-refractivity contribution < 1.29 is 9.90 Å². The highest BCUT2D eigenvalue weighted by atomic mass is 16.4. The van der Waals surface area contributed by atoms with Gasteiger partial charge in [-0.25, -0.2) is 0 Å². The largest absolute Gasteiger partial charge is 0.480 e. The van der Waals surface area contributed by atoms with Gasteiger partial charge in [-0.05, 0) is 23.2 Å². The molecule has 1 heterocycles. The Hall–Kier alpha value is -0.570. The molecule has 0 aromatic rings. The van der Waals surface area contributed by atoms with Gasteiger partial charge in [0, 0.05) is 13.1 Å². The molecular weight excluding hydrogens is 190 g/mol. The number of hydrogen-bond acceptors (Lipinski definition) is 2. The monoisotopic (exact) mass is 211 g/mol. The SMILES string of the molecule is CC(C)C(C(=O)O)N1CC2C(C1)C2(C)C. The van der Waals surface area contributed by atoms with E-state index in [1.165, 1.54) is 0 Å². The number of piperidine rings is 1. The molecule has 86 valence electrons. The molecule has 3 unspecified atom stereocenters. The van der Waals surface area contributed by atoms with Crippen molar-refractivity contribution >= 4 is 5.97 Å². The van der Waals surface area contributed by atoms with Gasteiger partial charge in [0.05, 0.1) is 0 Å². The number of carboxylic acids is 1. The second kappa shape index (κ2) is 3.21. The number of aliphatic carboxylic acids is 1. The van der Waals surface area contributed by atoms with E-state index in [9.17, 15) is 9.90 Å². The maximum atomic E-state index is 11.2. The summed E-state index contributed by atoms with van der Waals surface area (Å²) in [7, 11) is 0. The fraction of sp³-hybridized carbons (Fsp3) is 0.917. The molecule has 1 saturated carbocycles. The van der Waals surface area contributed by atoms with E-state index in [0.717, 1.165) is 24.9 Å². The van der Waals surface area contributed by atoms with Crippen molar-refractivity contribution in [1.29, 1.82) is 0 Å². The number of nitrogens with zero attached hydrogens (tertiary/aromatic N) is 1. The molecule has 0 spiro atoms. The predicted octanol–water partition coefficient (Wildman–Crippen LogP) is 1.68. The number of carboxylic acid groups (broad SMARTS) is 1.